The predicted molar refractivity (Wildman–Crippen MR) is 67.9 cm³/mol. The summed E-state index contributed by atoms with van der Waals surface area (Å²) in [7, 11) is 0. The molecule has 0 unspecified atom stereocenters. The van der Waals surface area contributed by atoms with Gasteiger partial charge in [-0.1, -0.05) is 30.3 Å². The number of aromatic nitrogens is 1. The SMILES string of the molecule is CCOC(=O)c1snc(-c2ccccc2)c1N. The van der Waals surface area contributed by atoms with Gasteiger partial charge in [-0.3, -0.25) is 0 Å². The van der Waals surface area contributed by atoms with Gasteiger partial charge in [0.05, 0.1) is 12.3 Å². The van der Waals surface area contributed by atoms with Gasteiger partial charge in [0, 0.05) is 5.56 Å². The zero-order valence-corrected chi connectivity index (χ0v) is 10.2. The highest BCUT2D eigenvalue weighted by Gasteiger charge is 2.19. The van der Waals surface area contributed by atoms with Crippen molar-refractivity contribution in [1.29, 1.82) is 0 Å². The van der Waals surface area contributed by atoms with Gasteiger partial charge in [-0.2, -0.15) is 4.37 Å². The van der Waals surface area contributed by atoms with Crippen LogP contribution >= 0.6 is 11.5 Å². The molecule has 0 aliphatic carbocycles. The molecular formula is C12H12N2O2S. The van der Waals surface area contributed by atoms with Gasteiger partial charge in [-0.05, 0) is 18.5 Å². The quantitative estimate of drug-likeness (QED) is 0.848. The van der Waals surface area contributed by atoms with Crippen LogP contribution in [0.15, 0.2) is 30.3 Å². The van der Waals surface area contributed by atoms with Crippen LogP contribution in [0.2, 0.25) is 0 Å². The van der Waals surface area contributed by atoms with Crippen molar-refractivity contribution in [2.24, 2.45) is 0 Å². The fourth-order valence-electron chi connectivity index (χ4n) is 1.45. The molecule has 2 N–H and O–H groups in total. The number of hydrogen-bond acceptors (Lipinski definition) is 5. The number of carbonyl (C=O) groups is 1. The summed E-state index contributed by atoms with van der Waals surface area (Å²) in [5, 5.41) is 0. The second-order valence-corrected chi connectivity index (χ2v) is 4.13. The Morgan fingerprint density at radius 1 is 1.41 bits per heavy atom. The van der Waals surface area contributed by atoms with E-state index in [-0.39, 0.29) is 0 Å². The number of hydrogen-bond donors (Lipinski definition) is 1. The van der Waals surface area contributed by atoms with Crippen LogP contribution in [0, 0.1) is 0 Å². The molecule has 1 heterocycles. The Morgan fingerprint density at radius 3 is 2.76 bits per heavy atom. The maximum Gasteiger partial charge on any atom is 0.352 e. The third kappa shape index (κ3) is 2.29. The number of ether oxygens (including phenoxy) is 1. The van der Waals surface area contributed by atoms with Crippen molar-refractivity contribution in [3.8, 4) is 11.3 Å². The highest BCUT2D eigenvalue weighted by molar-refractivity contribution is 7.09. The molecule has 88 valence electrons. The van der Waals surface area contributed by atoms with Crippen LogP contribution in [-0.2, 0) is 4.74 Å². The molecule has 4 nitrogen and oxygen atoms in total. The van der Waals surface area contributed by atoms with E-state index in [9.17, 15) is 4.79 Å². The summed E-state index contributed by atoms with van der Waals surface area (Å²) in [4.78, 5) is 11.9. The molecule has 0 aliphatic rings. The van der Waals surface area contributed by atoms with E-state index >= 15 is 0 Å². The van der Waals surface area contributed by atoms with E-state index in [1.807, 2.05) is 30.3 Å². The minimum Gasteiger partial charge on any atom is -0.462 e. The normalized spacial score (nSPS) is 10.2. The first-order chi connectivity index (χ1) is 8.24. The van der Waals surface area contributed by atoms with E-state index in [1.165, 1.54) is 0 Å². The monoisotopic (exact) mass is 248 g/mol. The highest BCUT2D eigenvalue weighted by Crippen LogP contribution is 2.30. The zero-order chi connectivity index (χ0) is 12.3. The average Bonchev–Trinajstić information content (AvgIpc) is 2.72. The Hall–Kier alpha value is -1.88. The Labute approximate surface area is 103 Å². The first kappa shape index (κ1) is 11.6. The van der Waals surface area contributed by atoms with Crippen LogP contribution in [0.1, 0.15) is 16.6 Å². The van der Waals surface area contributed by atoms with Crippen molar-refractivity contribution in [3.63, 3.8) is 0 Å². The van der Waals surface area contributed by atoms with E-state index in [0.29, 0.717) is 22.9 Å². The van der Waals surface area contributed by atoms with Crippen LogP contribution in [0.5, 0.6) is 0 Å². The standard InChI is InChI=1S/C12H12N2O2S/c1-2-16-12(15)11-9(13)10(14-17-11)8-6-4-3-5-7-8/h3-7H,2,13H2,1H3. The molecular weight excluding hydrogens is 236 g/mol. The van der Waals surface area contributed by atoms with Gasteiger partial charge in [0.25, 0.3) is 0 Å². The molecule has 2 rings (SSSR count). The maximum absolute atomic E-state index is 11.6. The Morgan fingerprint density at radius 2 is 2.12 bits per heavy atom. The zero-order valence-electron chi connectivity index (χ0n) is 9.34. The molecule has 0 fully saturated rings. The summed E-state index contributed by atoms with van der Waals surface area (Å²) >= 11 is 1.07. The van der Waals surface area contributed by atoms with E-state index in [1.54, 1.807) is 6.92 Å². The molecule has 1 aromatic carbocycles. The van der Waals surface area contributed by atoms with Gasteiger partial charge in [0.1, 0.15) is 5.69 Å². The summed E-state index contributed by atoms with van der Waals surface area (Å²) in [5.74, 6) is -0.412. The van der Waals surface area contributed by atoms with Crippen LogP contribution in [0.3, 0.4) is 0 Å². The number of carbonyl (C=O) groups excluding carboxylic acids is 1. The molecule has 0 atom stereocenters. The molecule has 0 bridgehead atoms. The average molecular weight is 248 g/mol. The Bertz CT molecular complexity index is 523. The third-order valence-electron chi connectivity index (χ3n) is 2.24. The molecule has 0 spiro atoms. The van der Waals surface area contributed by atoms with Gasteiger partial charge in [0.15, 0.2) is 4.88 Å². The van der Waals surface area contributed by atoms with Crippen molar-refractivity contribution in [1.82, 2.24) is 4.37 Å². The molecule has 1 aromatic heterocycles. The second-order valence-electron chi connectivity index (χ2n) is 3.36. The number of nitrogens with two attached hydrogens (primary N) is 1. The Balaban J connectivity index is 2.37. The molecule has 5 heteroatoms. The fraction of sp³-hybridized carbons (Fsp3) is 0.167. The molecule has 0 aliphatic heterocycles. The largest absolute Gasteiger partial charge is 0.462 e. The summed E-state index contributed by atoms with van der Waals surface area (Å²) < 4.78 is 9.11. The summed E-state index contributed by atoms with van der Waals surface area (Å²) in [6, 6.07) is 9.52. The number of rotatable bonds is 3. The number of esters is 1. The summed E-state index contributed by atoms with van der Waals surface area (Å²) in [6.07, 6.45) is 0. The molecule has 17 heavy (non-hydrogen) atoms. The van der Waals surface area contributed by atoms with E-state index in [2.05, 4.69) is 4.37 Å². The molecule has 0 amide bonds. The van der Waals surface area contributed by atoms with Crippen LogP contribution in [0.25, 0.3) is 11.3 Å². The molecule has 0 saturated heterocycles. The van der Waals surface area contributed by atoms with Crippen LogP contribution < -0.4 is 5.73 Å². The summed E-state index contributed by atoms with van der Waals surface area (Å²) in [5.41, 5.74) is 7.84. The van der Waals surface area contributed by atoms with Crippen molar-refractivity contribution < 1.29 is 9.53 Å². The molecule has 0 radical (unpaired) electrons. The lowest BCUT2D eigenvalue weighted by Gasteiger charge is -2.00. The van der Waals surface area contributed by atoms with Crippen molar-refractivity contribution >= 4 is 23.2 Å². The first-order valence-electron chi connectivity index (χ1n) is 5.21. The van der Waals surface area contributed by atoms with Crippen LogP contribution in [0.4, 0.5) is 5.69 Å². The van der Waals surface area contributed by atoms with Gasteiger partial charge >= 0.3 is 5.97 Å². The van der Waals surface area contributed by atoms with Crippen molar-refractivity contribution in [2.75, 3.05) is 12.3 Å². The third-order valence-corrected chi connectivity index (χ3v) is 3.08. The van der Waals surface area contributed by atoms with Crippen molar-refractivity contribution in [2.45, 2.75) is 6.92 Å². The minimum atomic E-state index is -0.412. The highest BCUT2D eigenvalue weighted by atomic mass is 32.1. The van der Waals surface area contributed by atoms with E-state index < -0.39 is 5.97 Å². The Kier molecular flexibility index (Phi) is 3.39. The first-order valence-corrected chi connectivity index (χ1v) is 5.99. The number of nitrogen functional groups attached to an aromatic ring is 1. The van der Waals surface area contributed by atoms with Gasteiger partial charge in [-0.15, -0.1) is 0 Å². The molecule has 0 saturated carbocycles. The smallest absolute Gasteiger partial charge is 0.352 e. The number of nitrogens with zero attached hydrogens (tertiary/aromatic N) is 1. The number of benzene rings is 1. The topological polar surface area (TPSA) is 65.2 Å². The number of anilines is 1. The maximum atomic E-state index is 11.6. The summed E-state index contributed by atoms with van der Waals surface area (Å²) in [6.45, 7) is 2.09. The second kappa shape index (κ2) is 4.97. The lowest BCUT2D eigenvalue weighted by molar-refractivity contribution is 0.0533. The lowest BCUT2D eigenvalue weighted by Crippen LogP contribution is -2.05. The fourth-order valence-corrected chi connectivity index (χ4v) is 2.16. The van der Waals surface area contributed by atoms with Gasteiger partial charge in [0.2, 0.25) is 0 Å². The minimum absolute atomic E-state index is 0.330. The van der Waals surface area contributed by atoms with Gasteiger partial charge < -0.3 is 10.5 Å². The molecule has 2 aromatic rings. The van der Waals surface area contributed by atoms with Crippen molar-refractivity contribution in [3.05, 3.63) is 35.2 Å². The lowest BCUT2D eigenvalue weighted by atomic mass is 10.1. The van der Waals surface area contributed by atoms with Gasteiger partial charge in [-0.25, -0.2) is 4.79 Å². The predicted octanol–water partition coefficient (Wildman–Crippen LogP) is 2.57. The van der Waals surface area contributed by atoms with E-state index in [4.69, 9.17) is 10.5 Å². The van der Waals surface area contributed by atoms with E-state index in [0.717, 1.165) is 17.1 Å². The van der Waals surface area contributed by atoms with Crippen LogP contribution in [-0.4, -0.2) is 16.9 Å².